The molecule has 0 aromatic carbocycles. The smallest absolute Gasteiger partial charge is 0.227 e. The molecule has 0 radical (unpaired) electrons. The van der Waals surface area contributed by atoms with Crippen molar-refractivity contribution < 1.29 is 4.52 Å². The Bertz CT molecular complexity index is 312. The van der Waals surface area contributed by atoms with Gasteiger partial charge in [-0.15, -0.1) is 0 Å². The van der Waals surface area contributed by atoms with Gasteiger partial charge in [-0.05, 0) is 26.7 Å². The maximum Gasteiger partial charge on any atom is 0.227 e. The highest BCUT2D eigenvalue weighted by Gasteiger charge is 2.11. The summed E-state index contributed by atoms with van der Waals surface area (Å²) >= 11 is 0. The van der Waals surface area contributed by atoms with Gasteiger partial charge in [-0.25, -0.2) is 0 Å². The molecule has 1 N–H and O–H groups in total. The Morgan fingerprint density at radius 3 is 2.56 bits per heavy atom. The Balaban J connectivity index is 2.35. The lowest BCUT2D eigenvalue weighted by Gasteiger charge is -2.19. The second kappa shape index (κ2) is 5.43. The highest BCUT2D eigenvalue weighted by Crippen LogP contribution is 2.05. The summed E-state index contributed by atoms with van der Waals surface area (Å²) in [5.41, 5.74) is 0.140. The lowest BCUT2D eigenvalue weighted by Crippen LogP contribution is -2.37. The van der Waals surface area contributed by atoms with E-state index in [0.29, 0.717) is 5.92 Å². The second-order valence-corrected chi connectivity index (χ2v) is 5.63. The average molecular weight is 225 g/mol. The van der Waals surface area contributed by atoms with Gasteiger partial charge in [0.2, 0.25) is 5.89 Å². The molecule has 16 heavy (non-hydrogen) atoms. The summed E-state index contributed by atoms with van der Waals surface area (Å²) in [7, 11) is 0. The van der Waals surface area contributed by atoms with Crippen molar-refractivity contribution in [3.63, 3.8) is 0 Å². The second-order valence-electron chi connectivity index (χ2n) is 5.63. The summed E-state index contributed by atoms with van der Waals surface area (Å²) in [6, 6.07) is 0. The van der Waals surface area contributed by atoms with Gasteiger partial charge in [0.15, 0.2) is 5.82 Å². The average Bonchev–Trinajstić information content (AvgIpc) is 2.49. The fraction of sp³-hybridized carbons (Fsp3) is 0.833. The number of hydrogen-bond acceptors (Lipinski definition) is 4. The molecule has 92 valence electrons. The van der Waals surface area contributed by atoms with Gasteiger partial charge in [-0.2, -0.15) is 4.98 Å². The molecule has 1 aromatic rings. The zero-order chi connectivity index (χ0) is 12.2. The summed E-state index contributed by atoms with van der Waals surface area (Å²) in [5.74, 6) is 2.12. The van der Waals surface area contributed by atoms with Gasteiger partial charge in [0.05, 0.1) is 0 Å². The van der Waals surface area contributed by atoms with Gasteiger partial charge in [0, 0.05) is 24.9 Å². The number of nitrogens with zero attached hydrogens (tertiary/aromatic N) is 2. The van der Waals surface area contributed by atoms with Crippen molar-refractivity contribution in [3.8, 4) is 0 Å². The van der Waals surface area contributed by atoms with Crippen LogP contribution in [0.4, 0.5) is 0 Å². The van der Waals surface area contributed by atoms with E-state index < -0.39 is 0 Å². The van der Waals surface area contributed by atoms with Crippen molar-refractivity contribution in [2.45, 2.75) is 53.0 Å². The van der Waals surface area contributed by atoms with Crippen LogP contribution in [-0.2, 0) is 12.8 Å². The van der Waals surface area contributed by atoms with E-state index >= 15 is 0 Å². The maximum absolute atomic E-state index is 5.18. The largest absolute Gasteiger partial charge is 0.339 e. The van der Waals surface area contributed by atoms with Crippen LogP contribution < -0.4 is 5.32 Å². The zero-order valence-electron chi connectivity index (χ0n) is 11.0. The van der Waals surface area contributed by atoms with Gasteiger partial charge >= 0.3 is 0 Å². The van der Waals surface area contributed by atoms with Crippen LogP contribution in [0.5, 0.6) is 0 Å². The summed E-state index contributed by atoms with van der Waals surface area (Å²) in [6.07, 6.45) is 1.68. The molecular formula is C12H23N3O. The summed E-state index contributed by atoms with van der Waals surface area (Å²) in [4.78, 5) is 4.35. The molecule has 0 atom stereocenters. The Labute approximate surface area is 97.8 Å². The quantitative estimate of drug-likeness (QED) is 0.834. The minimum Gasteiger partial charge on any atom is -0.339 e. The maximum atomic E-state index is 5.18. The molecule has 0 aliphatic carbocycles. The predicted molar refractivity (Wildman–Crippen MR) is 64.3 cm³/mol. The SMILES string of the molecule is CC(C)Cc1noc(CCNC(C)(C)C)n1. The molecule has 1 rings (SSSR count). The summed E-state index contributed by atoms with van der Waals surface area (Å²) < 4.78 is 5.18. The topological polar surface area (TPSA) is 51.0 Å². The van der Waals surface area contributed by atoms with Gasteiger partial charge in [-0.1, -0.05) is 19.0 Å². The van der Waals surface area contributed by atoms with Crippen LogP contribution in [-0.4, -0.2) is 22.2 Å². The molecule has 0 bridgehead atoms. The Kier molecular flexibility index (Phi) is 4.47. The number of rotatable bonds is 5. The third-order valence-corrected chi connectivity index (χ3v) is 2.10. The highest BCUT2D eigenvalue weighted by atomic mass is 16.5. The van der Waals surface area contributed by atoms with Crippen molar-refractivity contribution in [1.82, 2.24) is 15.5 Å². The van der Waals surface area contributed by atoms with Crippen LogP contribution in [0.2, 0.25) is 0 Å². The van der Waals surface area contributed by atoms with Crippen LogP contribution >= 0.6 is 0 Å². The van der Waals surface area contributed by atoms with Crippen LogP contribution in [0.25, 0.3) is 0 Å². The predicted octanol–water partition coefficient (Wildman–Crippen LogP) is 2.20. The molecule has 0 amide bonds. The van der Waals surface area contributed by atoms with E-state index in [4.69, 9.17) is 4.52 Å². The van der Waals surface area contributed by atoms with E-state index in [1.807, 2.05) is 0 Å². The van der Waals surface area contributed by atoms with Crippen LogP contribution in [0.15, 0.2) is 4.52 Å². The molecule has 0 spiro atoms. The Morgan fingerprint density at radius 1 is 1.31 bits per heavy atom. The van der Waals surface area contributed by atoms with Crippen molar-refractivity contribution in [3.05, 3.63) is 11.7 Å². The summed E-state index contributed by atoms with van der Waals surface area (Å²) in [6.45, 7) is 11.6. The van der Waals surface area contributed by atoms with E-state index in [1.54, 1.807) is 0 Å². The molecule has 1 heterocycles. The van der Waals surface area contributed by atoms with Crippen molar-refractivity contribution in [1.29, 1.82) is 0 Å². The van der Waals surface area contributed by atoms with Gasteiger partial charge in [0.1, 0.15) is 0 Å². The molecule has 0 aliphatic rings. The van der Waals surface area contributed by atoms with Crippen molar-refractivity contribution in [2.24, 2.45) is 5.92 Å². The Hall–Kier alpha value is -0.900. The fourth-order valence-corrected chi connectivity index (χ4v) is 1.38. The first-order valence-corrected chi connectivity index (χ1v) is 5.93. The molecule has 4 heteroatoms. The molecule has 0 aliphatic heterocycles. The van der Waals surface area contributed by atoms with Gasteiger partial charge in [-0.3, -0.25) is 0 Å². The van der Waals surface area contributed by atoms with Crippen LogP contribution in [0.1, 0.15) is 46.3 Å². The summed E-state index contributed by atoms with van der Waals surface area (Å²) in [5, 5.41) is 7.35. The standard InChI is InChI=1S/C12H23N3O/c1-9(2)8-10-14-11(16-15-10)6-7-13-12(3,4)5/h9,13H,6-8H2,1-5H3. The van der Waals surface area contributed by atoms with E-state index in [1.165, 1.54) is 0 Å². The van der Waals surface area contributed by atoms with E-state index in [9.17, 15) is 0 Å². The van der Waals surface area contributed by atoms with E-state index in [-0.39, 0.29) is 5.54 Å². The Morgan fingerprint density at radius 2 is 2.00 bits per heavy atom. The zero-order valence-corrected chi connectivity index (χ0v) is 11.0. The van der Waals surface area contributed by atoms with E-state index in [2.05, 4.69) is 50.1 Å². The monoisotopic (exact) mass is 225 g/mol. The van der Waals surface area contributed by atoms with Crippen LogP contribution in [0, 0.1) is 5.92 Å². The number of hydrogen-bond donors (Lipinski definition) is 1. The first-order chi connectivity index (χ1) is 7.37. The van der Waals surface area contributed by atoms with Gasteiger partial charge in [0.25, 0.3) is 0 Å². The third kappa shape index (κ3) is 5.26. The number of nitrogens with one attached hydrogen (secondary N) is 1. The molecular weight excluding hydrogens is 202 g/mol. The van der Waals surface area contributed by atoms with Crippen LogP contribution in [0.3, 0.4) is 0 Å². The molecule has 0 saturated heterocycles. The minimum atomic E-state index is 0.140. The lowest BCUT2D eigenvalue weighted by atomic mass is 10.1. The normalized spacial score (nSPS) is 12.4. The molecule has 0 fully saturated rings. The van der Waals surface area contributed by atoms with Gasteiger partial charge < -0.3 is 9.84 Å². The van der Waals surface area contributed by atoms with Crippen molar-refractivity contribution >= 4 is 0 Å². The highest BCUT2D eigenvalue weighted by molar-refractivity contribution is 4.88. The molecule has 0 unspecified atom stereocenters. The first-order valence-electron chi connectivity index (χ1n) is 5.93. The van der Waals surface area contributed by atoms with E-state index in [0.717, 1.165) is 31.1 Å². The molecule has 4 nitrogen and oxygen atoms in total. The minimum absolute atomic E-state index is 0.140. The lowest BCUT2D eigenvalue weighted by molar-refractivity contribution is 0.357. The molecule has 1 aromatic heterocycles. The fourth-order valence-electron chi connectivity index (χ4n) is 1.38. The van der Waals surface area contributed by atoms with Crippen molar-refractivity contribution in [2.75, 3.05) is 6.54 Å². The third-order valence-electron chi connectivity index (χ3n) is 2.10. The number of aromatic nitrogens is 2. The first kappa shape index (κ1) is 13.2. The molecule has 0 saturated carbocycles.